The van der Waals surface area contributed by atoms with Gasteiger partial charge in [0.05, 0.1) is 17.1 Å². The summed E-state index contributed by atoms with van der Waals surface area (Å²) in [6.07, 6.45) is 2.47. The normalized spacial score (nSPS) is 12.1. The molecule has 134 valence electrons. The van der Waals surface area contributed by atoms with E-state index in [1.54, 1.807) is 24.4 Å². The summed E-state index contributed by atoms with van der Waals surface area (Å²) in [6, 6.07) is 11.4. The van der Waals surface area contributed by atoms with Gasteiger partial charge in [0, 0.05) is 23.8 Å². The summed E-state index contributed by atoms with van der Waals surface area (Å²) in [5.74, 6) is -0.840. The Labute approximate surface area is 151 Å². The van der Waals surface area contributed by atoms with E-state index in [9.17, 15) is 9.18 Å². The number of benzene rings is 2. The van der Waals surface area contributed by atoms with E-state index in [-0.39, 0.29) is 18.4 Å². The molecule has 1 heterocycles. The molecule has 1 amide bonds. The average molecular weight is 352 g/mol. The lowest BCUT2D eigenvalue weighted by atomic mass is 10.0. The predicted molar refractivity (Wildman–Crippen MR) is 101 cm³/mol. The van der Waals surface area contributed by atoms with Gasteiger partial charge in [-0.05, 0) is 35.7 Å². The number of aryl methyl sites for hydroxylation is 1. The maximum atomic E-state index is 13.6. The van der Waals surface area contributed by atoms with E-state index in [2.05, 4.69) is 10.3 Å². The number of nitrogens with two attached hydrogens (primary N) is 2. The van der Waals surface area contributed by atoms with Crippen molar-refractivity contribution in [2.24, 2.45) is 11.5 Å². The van der Waals surface area contributed by atoms with Crippen molar-refractivity contribution in [2.45, 2.75) is 19.4 Å². The van der Waals surface area contributed by atoms with Gasteiger partial charge in [-0.25, -0.2) is 4.39 Å². The number of hydrogen-bond acceptors (Lipinski definition) is 4. The molecule has 0 aliphatic heterocycles. The van der Waals surface area contributed by atoms with Crippen molar-refractivity contribution in [3.05, 3.63) is 71.2 Å². The third-order valence-electron chi connectivity index (χ3n) is 4.43. The smallest absolute Gasteiger partial charge is 0.250 e. The maximum Gasteiger partial charge on any atom is 0.250 e. The molecule has 0 aliphatic carbocycles. The molecule has 3 aromatic rings. The number of carbonyl (C=O) groups is 1. The van der Waals surface area contributed by atoms with Crippen molar-refractivity contribution < 1.29 is 9.18 Å². The molecule has 1 aromatic heterocycles. The van der Waals surface area contributed by atoms with Gasteiger partial charge in [-0.1, -0.05) is 31.2 Å². The van der Waals surface area contributed by atoms with Gasteiger partial charge in [0.15, 0.2) is 0 Å². The molecule has 0 unspecified atom stereocenters. The van der Waals surface area contributed by atoms with Crippen LogP contribution in [0.1, 0.15) is 34.5 Å². The lowest BCUT2D eigenvalue weighted by Crippen LogP contribution is -2.22. The molecule has 0 saturated heterocycles. The number of hydrogen-bond donors (Lipinski definition) is 3. The van der Waals surface area contributed by atoms with Gasteiger partial charge in [-0.3, -0.25) is 9.78 Å². The Morgan fingerprint density at radius 3 is 2.69 bits per heavy atom. The largest absolute Gasteiger partial charge is 0.376 e. The van der Waals surface area contributed by atoms with Crippen LogP contribution >= 0.6 is 0 Å². The molecule has 3 rings (SSSR count). The molecular formula is C20H21FN4O. The van der Waals surface area contributed by atoms with Crippen LogP contribution < -0.4 is 16.8 Å². The summed E-state index contributed by atoms with van der Waals surface area (Å²) < 4.78 is 13.6. The third kappa shape index (κ3) is 3.36. The average Bonchev–Trinajstić information content (AvgIpc) is 2.65. The molecule has 0 radical (unpaired) electrons. The van der Waals surface area contributed by atoms with Gasteiger partial charge in [0.1, 0.15) is 5.82 Å². The van der Waals surface area contributed by atoms with Crippen molar-refractivity contribution in [1.29, 1.82) is 0 Å². The first-order chi connectivity index (χ1) is 12.5. The van der Waals surface area contributed by atoms with Crippen LogP contribution in [0.5, 0.6) is 0 Å². The van der Waals surface area contributed by atoms with Gasteiger partial charge >= 0.3 is 0 Å². The second-order valence-corrected chi connectivity index (χ2v) is 6.07. The minimum absolute atomic E-state index is 0.279. The second-order valence-electron chi connectivity index (χ2n) is 6.07. The Kier molecular flexibility index (Phi) is 5.14. The molecule has 5 nitrogen and oxygen atoms in total. The Morgan fingerprint density at radius 1 is 1.27 bits per heavy atom. The van der Waals surface area contributed by atoms with Crippen LogP contribution in [0.15, 0.2) is 48.7 Å². The quantitative estimate of drug-likeness (QED) is 0.635. The summed E-state index contributed by atoms with van der Waals surface area (Å²) >= 11 is 0. The first kappa shape index (κ1) is 17.8. The number of rotatable bonds is 6. The summed E-state index contributed by atoms with van der Waals surface area (Å²) in [5, 5.41) is 4.20. The molecular weight excluding hydrogens is 331 g/mol. The van der Waals surface area contributed by atoms with E-state index in [0.29, 0.717) is 11.1 Å². The third-order valence-corrected chi connectivity index (χ3v) is 4.43. The number of aromatic nitrogens is 1. The van der Waals surface area contributed by atoms with Crippen LogP contribution in [-0.4, -0.2) is 17.4 Å². The van der Waals surface area contributed by atoms with E-state index in [0.717, 1.165) is 28.6 Å². The van der Waals surface area contributed by atoms with Crippen LogP contribution in [0.4, 0.5) is 10.1 Å². The number of anilines is 1. The molecule has 0 aliphatic rings. The summed E-state index contributed by atoms with van der Waals surface area (Å²) in [5.41, 5.74) is 14.9. The van der Waals surface area contributed by atoms with Crippen LogP contribution in [-0.2, 0) is 6.42 Å². The van der Waals surface area contributed by atoms with Gasteiger partial charge in [0.2, 0.25) is 0 Å². The van der Waals surface area contributed by atoms with E-state index < -0.39 is 5.91 Å². The Hall–Kier alpha value is -2.99. The Bertz CT molecular complexity index is 958. The predicted octanol–water partition coefficient (Wildman–Crippen LogP) is 3.15. The van der Waals surface area contributed by atoms with Crippen LogP contribution in [0.3, 0.4) is 0 Å². The van der Waals surface area contributed by atoms with E-state index in [4.69, 9.17) is 11.5 Å². The van der Waals surface area contributed by atoms with Crippen LogP contribution in [0.25, 0.3) is 10.9 Å². The fourth-order valence-corrected chi connectivity index (χ4v) is 3.08. The maximum absolute atomic E-state index is 13.6. The molecule has 0 bridgehead atoms. The molecule has 0 spiro atoms. The topological polar surface area (TPSA) is 94.0 Å². The zero-order valence-electron chi connectivity index (χ0n) is 14.5. The number of nitrogens with zero attached hydrogens (tertiary/aromatic N) is 1. The summed E-state index contributed by atoms with van der Waals surface area (Å²) in [7, 11) is 0. The minimum Gasteiger partial charge on any atom is -0.376 e. The molecule has 0 saturated carbocycles. The number of amides is 1. The molecule has 1 atom stereocenters. The van der Waals surface area contributed by atoms with Gasteiger partial charge in [-0.2, -0.15) is 0 Å². The van der Waals surface area contributed by atoms with Crippen molar-refractivity contribution in [3.63, 3.8) is 0 Å². The van der Waals surface area contributed by atoms with Crippen LogP contribution in [0, 0.1) is 5.82 Å². The molecule has 0 fully saturated rings. The lowest BCUT2D eigenvalue weighted by molar-refractivity contribution is 0.100. The first-order valence-corrected chi connectivity index (χ1v) is 8.47. The highest BCUT2D eigenvalue weighted by Crippen LogP contribution is 2.31. The summed E-state index contributed by atoms with van der Waals surface area (Å²) in [6.45, 7) is 2.30. The molecule has 6 heteroatoms. The monoisotopic (exact) mass is 352 g/mol. The zero-order valence-corrected chi connectivity index (χ0v) is 14.5. The highest BCUT2D eigenvalue weighted by molar-refractivity contribution is 6.08. The number of nitrogens with one attached hydrogen (secondary N) is 1. The summed E-state index contributed by atoms with van der Waals surface area (Å²) in [4.78, 5) is 16.1. The van der Waals surface area contributed by atoms with E-state index in [1.807, 2.05) is 19.1 Å². The number of para-hydroxylation sites is 1. The van der Waals surface area contributed by atoms with E-state index in [1.165, 1.54) is 12.1 Å². The molecule has 5 N–H and O–H groups in total. The minimum atomic E-state index is -0.529. The SMILES string of the molecule is CCc1cnc2c(C(N)=O)cccc2c1N[C@H](CN)c1cccc(F)c1. The van der Waals surface area contributed by atoms with Gasteiger partial charge < -0.3 is 16.8 Å². The fourth-order valence-electron chi connectivity index (χ4n) is 3.08. The first-order valence-electron chi connectivity index (χ1n) is 8.47. The highest BCUT2D eigenvalue weighted by Gasteiger charge is 2.17. The highest BCUT2D eigenvalue weighted by atomic mass is 19.1. The van der Waals surface area contributed by atoms with Crippen LogP contribution in [0.2, 0.25) is 0 Å². The van der Waals surface area contributed by atoms with Crippen molar-refractivity contribution in [1.82, 2.24) is 4.98 Å². The van der Waals surface area contributed by atoms with Crippen molar-refractivity contribution in [2.75, 3.05) is 11.9 Å². The van der Waals surface area contributed by atoms with Crippen molar-refractivity contribution >= 4 is 22.5 Å². The Morgan fingerprint density at radius 2 is 2.04 bits per heavy atom. The van der Waals surface area contributed by atoms with Gasteiger partial charge in [0.25, 0.3) is 5.91 Å². The lowest BCUT2D eigenvalue weighted by Gasteiger charge is -2.22. The second kappa shape index (κ2) is 7.49. The standard InChI is InChI=1S/C20H21FN4O/c1-2-12-11-24-19-15(7-4-8-16(19)20(23)26)18(12)25-17(10-22)13-5-3-6-14(21)9-13/h3-9,11,17H,2,10,22H2,1H3,(H2,23,26)(H,24,25)/t17-/m1/s1. The number of halogens is 1. The zero-order chi connectivity index (χ0) is 18.7. The number of primary amides is 1. The molecule has 26 heavy (non-hydrogen) atoms. The fraction of sp³-hybridized carbons (Fsp3) is 0.200. The van der Waals surface area contributed by atoms with Crippen molar-refractivity contribution in [3.8, 4) is 0 Å². The number of carbonyl (C=O) groups excluding carboxylic acids is 1. The number of fused-ring (bicyclic) bond motifs is 1. The Balaban J connectivity index is 2.13. The van der Waals surface area contributed by atoms with E-state index >= 15 is 0 Å². The number of pyridine rings is 1. The van der Waals surface area contributed by atoms with Gasteiger partial charge in [-0.15, -0.1) is 0 Å². The molecule has 2 aromatic carbocycles.